The fraction of sp³-hybridized carbons (Fsp3) is 0.222. The van der Waals surface area contributed by atoms with Gasteiger partial charge in [0, 0.05) is 18.7 Å². The smallest absolute Gasteiger partial charge is 0.270 e. The monoisotopic (exact) mass is 391 g/mol. The number of para-hydroxylation sites is 2. The topological polar surface area (TPSA) is 102 Å². The van der Waals surface area contributed by atoms with Gasteiger partial charge in [-0.25, -0.2) is 0 Å². The Bertz CT molecular complexity index is 872. The number of likely N-dealkylation sites (N-methyl/N-ethyl adjacent to an activating group) is 1. The summed E-state index contributed by atoms with van der Waals surface area (Å²) in [6.45, 7) is 1.67. The third kappa shape index (κ3) is 4.95. The summed E-state index contributed by atoms with van der Waals surface area (Å²) in [5.74, 6) is -0.514. The Hall–Kier alpha value is -3.13. The summed E-state index contributed by atoms with van der Waals surface area (Å²) in [6, 6.07) is 10.5. The van der Waals surface area contributed by atoms with Crippen LogP contribution in [0.4, 0.5) is 11.4 Å². The molecule has 0 unspecified atom stereocenters. The van der Waals surface area contributed by atoms with Gasteiger partial charge in [-0.05, 0) is 25.1 Å². The van der Waals surface area contributed by atoms with Crippen LogP contribution in [0.2, 0.25) is 5.02 Å². The average molecular weight is 392 g/mol. The molecule has 0 heterocycles. The van der Waals surface area contributed by atoms with Crippen LogP contribution in [0.1, 0.15) is 17.3 Å². The van der Waals surface area contributed by atoms with Crippen LogP contribution in [0.5, 0.6) is 5.75 Å². The first-order valence-corrected chi connectivity index (χ1v) is 8.41. The van der Waals surface area contributed by atoms with Crippen LogP contribution in [0, 0.1) is 10.1 Å². The number of methoxy groups -OCH3 is 1. The molecule has 9 heteroatoms. The molecule has 0 aromatic heterocycles. The number of amides is 2. The van der Waals surface area contributed by atoms with Crippen molar-refractivity contribution in [3.05, 3.63) is 63.2 Å². The van der Waals surface area contributed by atoms with E-state index in [2.05, 4.69) is 5.32 Å². The molecule has 0 aliphatic heterocycles. The Morgan fingerprint density at radius 3 is 2.59 bits per heavy atom. The molecule has 0 aliphatic rings. The largest absolute Gasteiger partial charge is 0.495 e. The number of benzene rings is 2. The Kier molecular flexibility index (Phi) is 6.73. The number of hydrogen-bond acceptors (Lipinski definition) is 5. The quantitative estimate of drug-likeness (QED) is 0.576. The molecule has 0 radical (unpaired) electrons. The molecule has 0 aliphatic carbocycles. The van der Waals surface area contributed by atoms with Gasteiger partial charge in [0.05, 0.1) is 28.3 Å². The molecule has 0 fully saturated rings. The second kappa shape index (κ2) is 9.00. The number of nitro benzene ring substituents is 1. The normalized spacial score (nSPS) is 10.2. The predicted molar refractivity (Wildman–Crippen MR) is 101 cm³/mol. The number of nitrogens with one attached hydrogen (secondary N) is 1. The van der Waals surface area contributed by atoms with Crippen molar-refractivity contribution >= 4 is 34.8 Å². The molecular weight excluding hydrogens is 374 g/mol. The van der Waals surface area contributed by atoms with Crippen LogP contribution >= 0.6 is 11.6 Å². The minimum Gasteiger partial charge on any atom is -0.495 e. The highest BCUT2D eigenvalue weighted by Gasteiger charge is 2.22. The molecule has 0 bridgehead atoms. The number of nitro groups is 1. The summed E-state index contributed by atoms with van der Waals surface area (Å²) in [7, 11) is 1.48. The van der Waals surface area contributed by atoms with Gasteiger partial charge in [0.15, 0.2) is 0 Å². The summed E-state index contributed by atoms with van der Waals surface area (Å²) in [5.41, 5.74) is 0.192. The zero-order valence-electron chi connectivity index (χ0n) is 14.8. The van der Waals surface area contributed by atoms with Crippen molar-refractivity contribution < 1.29 is 19.2 Å². The highest BCUT2D eigenvalue weighted by atomic mass is 35.5. The predicted octanol–water partition coefficient (Wildman–Crippen LogP) is 3.36. The number of non-ortho nitro benzene ring substituents is 1. The van der Waals surface area contributed by atoms with E-state index < -0.39 is 16.7 Å². The van der Waals surface area contributed by atoms with Gasteiger partial charge in [-0.15, -0.1) is 0 Å². The van der Waals surface area contributed by atoms with Crippen LogP contribution in [0.3, 0.4) is 0 Å². The van der Waals surface area contributed by atoms with E-state index in [9.17, 15) is 19.7 Å². The van der Waals surface area contributed by atoms with Gasteiger partial charge in [0.2, 0.25) is 5.91 Å². The molecule has 27 heavy (non-hydrogen) atoms. The molecule has 0 saturated carbocycles. The zero-order chi connectivity index (χ0) is 20.0. The number of halogens is 1. The number of ether oxygens (including phenoxy) is 1. The van der Waals surface area contributed by atoms with Crippen LogP contribution in [-0.2, 0) is 4.79 Å². The SMILES string of the molecule is CCN(CC(=O)Nc1ccccc1OC)C(=O)c1cc([N+](=O)[O-])ccc1Cl. The van der Waals surface area contributed by atoms with E-state index in [4.69, 9.17) is 16.3 Å². The maximum Gasteiger partial charge on any atom is 0.270 e. The van der Waals surface area contributed by atoms with E-state index in [-0.39, 0.29) is 29.4 Å². The van der Waals surface area contributed by atoms with E-state index in [1.807, 2.05) is 0 Å². The highest BCUT2D eigenvalue weighted by molar-refractivity contribution is 6.34. The Labute approximate surface area is 160 Å². The summed E-state index contributed by atoms with van der Waals surface area (Å²) >= 11 is 6.02. The second-order valence-electron chi connectivity index (χ2n) is 5.49. The Morgan fingerprint density at radius 2 is 1.96 bits per heavy atom. The average Bonchev–Trinajstić information content (AvgIpc) is 2.66. The number of rotatable bonds is 7. The standard InChI is InChI=1S/C18H18ClN3O5/c1-3-21(11-17(23)20-15-6-4-5-7-16(15)27-2)18(24)13-10-12(22(25)26)8-9-14(13)19/h4-10H,3,11H2,1-2H3,(H,20,23). The molecular formula is C18H18ClN3O5. The highest BCUT2D eigenvalue weighted by Crippen LogP contribution is 2.24. The van der Waals surface area contributed by atoms with Crippen LogP contribution in [-0.4, -0.2) is 41.8 Å². The maximum absolute atomic E-state index is 12.7. The van der Waals surface area contributed by atoms with Crippen molar-refractivity contribution in [2.75, 3.05) is 25.5 Å². The van der Waals surface area contributed by atoms with Crippen molar-refractivity contribution in [3.8, 4) is 5.75 Å². The van der Waals surface area contributed by atoms with E-state index in [0.717, 1.165) is 6.07 Å². The van der Waals surface area contributed by atoms with E-state index in [1.54, 1.807) is 31.2 Å². The number of anilines is 1. The Balaban J connectivity index is 2.17. The first kappa shape index (κ1) is 20.2. The van der Waals surface area contributed by atoms with E-state index >= 15 is 0 Å². The first-order chi connectivity index (χ1) is 12.9. The summed E-state index contributed by atoms with van der Waals surface area (Å²) < 4.78 is 5.17. The van der Waals surface area contributed by atoms with Crippen molar-refractivity contribution in [2.24, 2.45) is 0 Å². The number of nitrogens with zero attached hydrogens (tertiary/aromatic N) is 2. The van der Waals surface area contributed by atoms with Crippen LogP contribution < -0.4 is 10.1 Å². The lowest BCUT2D eigenvalue weighted by atomic mass is 10.1. The van der Waals surface area contributed by atoms with E-state index in [1.165, 1.54) is 24.1 Å². The summed E-state index contributed by atoms with van der Waals surface area (Å²) in [4.78, 5) is 36.6. The molecule has 142 valence electrons. The second-order valence-corrected chi connectivity index (χ2v) is 5.90. The Morgan fingerprint density at radius 1 is 1.26 bits per heavy atom. The molecule has 8 nitrogen and oxygen atoms in total. The van der Waals surface area contributed by atoms with Gasteiger partial charge in [-0.2, -0.15) is 0 Å². The van der Waals surface area contributed by atoms with Gasteiger partial charge < -0.3 is 15.0 Å². The third-order valence-electron chi connectivity index (χ3n) is 3.78. The molecule has 0 saturated heterocycles. The van der Waals surface area contributed by atoms with Gasteiger partial charge in [-0.1, -0.05) is 23.7 Å². The lowest BCUT2D eigenvalue weighted by Gasteiger charge is -2.21. The fourth-order valence-corrected chi connectivity index (χ4v) is 2.60. The van der Waals surface area contributed by atoms with Gasteiger partial charge >= 0.3 is 0 Å². The maximum atomic E-state index is 12.7. The molecule has 0 spiro atoms. The van der Waals surface area contributed by atoms with Crippen molar-refractivity contribution in [2.45, 2.75) is 6.92 Å². The van der Waals surface area contributed by atoms with Crippen molar-refractivity contribution in [1.29, 1.82) is 0 Å². The number of hydrogen-bond donors (Lipinski definition) is 1. The summed E-state index contributed by atoms with van der Waals surface area (Å²) in [5, 5.41) is 13.7. The minimum absolute atomic E-state index is 0.0298. The van der Waals surface area contributed by atoms with Crippen molar-refractivity contribution in [1.82, 2.24) is 4.90 Å². The van der Waals surface area contributed by atoms with Crippen LogP contribution in [0.25, 0.3) is 0 Å². The third-order valence-corrected chi connectivity index (χ3v) is 4.11. The molecule has 0 atom stereocenters. The molecule has 2 aromatic carbocycles. The van der Waals surface area contributed by atoms with Gasteiger partial charge in [0.25, 0.3) is 11.6 Å². The first-order valence-electron chi connectivity index (χ1n) is 8.03. The van der Waals surface area contributed by atoms with Crippen LogP contribution in [0.15, 0.2) is 42.5 Å². The fourth-order valence-electron chi connectivity index (χ4n) is 2.40. The lowest BCUT2D eigenvalue weighted by molar-refractivity contribution is -0.384. The van der Waals surface area contributed by atoms with Gasteiger partial charge in [0.1, 0.15) is 12.3 Å². The zero-order valence-corrected chi connectivity index (χ0v) is 15.5. The van der Waals surface area contributed by atoms with Gasteiger partial charge in [-0.3, -0.25) is 19.7 Å². The number of carbonyl (C=O) groups excluding carboxylic acids is 2. The summed E-state index contributed by atoms with van der Waals surface area (Å²) in [6.07, 6.45) is 0. The van der Waals surface area contributed by atoms with Crippen molar-refractivity contribution in [3.63, 3.8) is 0 Å². The molecule has 2 amide bonds. The van der Waals surface area contributed by atoms with E-state index in [0.29, 0.717) is 11.4 Å². The molecule has 2 rings (SSSR count). The molecule has 1 N–H and O–H groups in total. The lowest BCUT2D eigenvalue weighted by Crippen LogP contribution is -2.38. The number of carbonyl (C=O) groups is 2. The molecule has 2 aromatic rings. The minimum atomic E-state index is -0.613.